The van der Waals surface area contributed by atoms with E-state index in [1.165, 1.54) is 0 Å². The van der Waals surface area contributed by atoms with Crippen LogP contribution in [0, 0.1) is 0 Å². The van der Waals surface area contributed by atoms with E-state index < -0.39 is 0 Å². The molecule has 0 bridgehead atoms. The van der Waals surface area contributed by atoms with Crippen LogP contribution in [0.5, 0.6) is 0 Å². The van der Waals surface area contributed by atoms with Gasteiger partial charge in [0, 0.05) is 30.8 Å². The highest BCUT2D eigenvalue weighted by Crippen LogP contribution is 2.05. The van der Waals surface area contributed by atoms with Crippen molar-refractivity contribution in [1.82, 2.24) is 15.7 Å². The Hall–Kier alpha value is -2.12. The Labute approximate surface area is 130 Å². The van der Waals surface area contributed by atoms with E-state index in [0.717, 1.165) is 13.1 Å². The molecule has 7 heteroatoms. The number of nitrogen functional groups attached to an aromatic ring is 1. The minimum absolute atomic E-state index is 0.129. The van der Waals surface area contributed by atoms with Crippen LogP contribution in [0.15, 0.2) is 24.3 Å². The fourth-order valence-corrected chi connectivity index (χ4v) is 2.01. The summed E-state index contributed by atoms with van der Waals surface area (Å²) in [5.74, 6) is -0.511. The summed E-state index contributed by atoms with van der Waals surface area (Å²) in [7, 11) is 0. The molecule has 2 amide bonds. The maximum atomic E-state index is 11.9. The molecule has 0 radical (unpaired) electrons. The lowest BCUT2D eigenvalue weighted by molar-refractivity contribution is -0.129. The molecule has 0 aliphatic heterocycles. The second-order valence-corrected chi connectivity index (χ2v) is 4.95. The van der Waals surface area contributed by atoms with Crippen molar-refractivity contribution >= 4 is 17.5 Å². The van der Waals surface area contributed by atoms with Gasteiger partial charge in [-0.1, -0.05) is 6.92 Å². The van der Waals surface area contributed by atoms with Crippen LogP contribution >= 0.6 is 0 Å². The number of amides is 2. The number of hydrogen-bond donors (Lipinski definition) is 4. The third-order valence-corrected chi connectivity index (χ3v) is 3.34. The first-order valence-electron chi connectivity index (χ1n) is 7.35. The SMILES string of the molecule is CCN(CCCC(=O)NO)CCNC(=O)c1ccc(N)cc1. The Morgan fingerprint density at radius 2 is 1.91 bits per heavy atom. The molecule has 0 aliphatic rings. The molecular weight excluding hydrogens is 284 g/mol. The van der Waals surface area contributed by atoms with Gasteiger partial charge in [-0.2, -0.15) is 0 Å². The van der Waals surface area contributed by atoms with Crippen LogP contribution in [0.4, 0.5) is 5.69 Å². The van der Waals surface area contributed by atoms with Gasteiger partial charge in [-0.15, -0.1) is 0 Å². The van der Waals surface area contributed by atoms with Crippen LogP contribution in [-0.2, 0) is 4.79 Å². The van der Waals surface area contributed by atoms with Gasteiger partial charge in [0.15, 0.2) is 0 Å². The standard InChI is InChI=1S/C15H24N4O3/c1-2-19(10-3-4-14(20)18-22)11-9-17-15(21)12-5-7-13(16)8-6-12/h5-8,22H,2-4,9-11,16H2,1H3,(H,17,21)(H,18,20). The molecule has 0 unspecified atom stereocenters. The first-order valence-corrected chi connectivity index (χ1v) is 7.35. The number of nitrogens with two attached hydrogens (primary N) is 1. The summed E-state index contributed by atoms with van der Waals surface area (Å²) in [5.41, 5.74) is 8.40. The Balaban J connectivity index is 2.27. The van der Waals surface area contributed by atoms with E-state index >= 15 is 0 Å². The average molecular weight is 308 g/mol. The van der Waals surface area contributed by atoms with E-state index in [9.17, 15) is 9.59 Å². The van der Waals surface area contributed by atoms with E-state index in [-0.39, 0.29) is 18.2 Å². The zero-order valence-electron chi connectivity index (χ0n) is 12.8. The van der Waals surface area contributed by atoms with Crippen LogP contribution in [0.2, 0.25) is 0 Å². The highest BCUT2D eigenvalue weighted by atomic mass is 16.5. The van der Waals surface area contributed by atoms with Gasteiger partial charge in [0.05, 0.1) is 0 Å². The zero-order valence-corrected chi connectivity index (χ0v) is 12.8. The lowest BCUT2D eigenvalue weighted by Gasteiger charge is -2.20. The van der Waals surface area contributed by atoms with E-state index in [1.807, 2.05) is 6.92 Å². The van der Waals surface area contributed by atoms with Crippen molar-refractivity contribution in [3.8, 4) is 0 Å². The number of nitrogens with one attached hydrogen (secondary N) is 2. The normalized spacial score (nSPS) is 10.5. The number of benzene rings is 1. The van der Waals surface area contributed by atoms with Crippen molar-refractivity contribution in [2.45, 2.75) is 19.8 Å². The van der Waals surface area contributed by atoms with Gasteiger partial charge in [0.1, 0.15) is 0 Å². The smallest absolute Gasteiger partial charge is 0.251 e. The van der Waals surface area contributed by atoms with Crippen LogP contribution in [-0.4, -0.2) is 48.1 Å². The van der Waals surface area contributed by atoms with E-state index in [4.69, 9.17) is 10.9 Å². The van der Waals surface area contributed by atoms with E-state index in [0.29, 0.717) is 30.8 Å². The van der Waals surface area contributed by atoms with Crippen molar-refractivity contribution in [3.05, 3.63) is 29.8 Å². The van der Waals surface area contributed by atoms with Crippen LogP contribution in [0.1, 0.15) is 30.1 Å². The largest absolute Gasteiger partial charge is 0.399 e. The van der Waals surface area contributed by atoms with Gasteiger partial charge >= 0.3 is 0 Å². The van der Waals surface area contributed by atoms with Crippen molar-refractivity contribution in [1.29, 1.82) is 0 Å². The molecule has 1 rings (SSSR count). The van der Waals surface area contributed by atoms with Gasteiger partial charge in [-0.25, -0.2) is 5.48 Å². The molecule has 22 heavy (non-hydrogen) atoms. The quantitative estimate of drug-likeness (QED) is 0.304. The lowest BCUT2D eigenvalue weighted by atomic mass is 10.2. The van der Waals surface area contributed by atoms with Crippen LogP contribution < -0.4 is 16.5 Å². The number of anilines is 1. The van der Waals surface area contributed by atoms with Crippen molar-refractivity contribution in [3.63, 3.8) is 0 Å². The third-order valence-electron chi connectivity index (χ3n) is 3.34. The van der Waals surface area contributed by atoms with Crippen molar-refractivity contribution in [2.24, 2.45) is 0 Å². The van der Waals surface area contributed by atoms with Crippen molar-refractivity contribution < 1.29 is 14.8 Å². The van der Waals surface area contributed by atoms with E-state index in [1.54, 1.807) is 29.7 Å². The molecular formula is C15H24N4O3. The second kappa shape index (κ2) is 9.75. The van der Waals surface area contributed by atoms with E-state index in [2.05, 4.69) is 10.2 Å². The van der Waals surface area contributed by atoms with Crippen LogP contribution in [0.25, 0.3) is 0 Å². The molecule has 1 aromatic carbocycles. The predicted molar refractivity (Wildman–Crippen MR) is 84.5 cm³/mol. The van der Waals surface area contributed by atoms with Gasteiger partial charge in [-0.05, 0) is 43.8 Å². The summed E-state index contributed by atoms with van der Waals surface area (Å²) in [5, 5.41) is 11.3. The minimum atomic E-state index is -0.382. The highest BCUT2D eigenvalue weighted by molar-refractivity contribution is 5.94. The summed E-state index contributed by atoms with van der Waals surface area (Å²) in [4.78, 5) is 25.0. The second-order valence-electron chi connectivity index (χ2n) is 4.95. The molecule has 0 fully saturated rings. The average Bonchev–Trinajstić information content (AvgIpc) is 2.53. The Bertz CT molecular complexity index is 476. The molecule has 0 atom stereocenters. The molecule has 122 valence electrons. The van der Waals surface area contributed by atoms with Gasteiger partial charge in [0.2, 0.25) is 5.91 Å². The van der Waals surface area contributed by atoms with Gasteiger partial charge < -0.3 is 16.0 Å². The summed E-state index contributed by atoms with van der Waals surface area (Å²) >= 11 is 0. The first kappa shape index (κ1) is 17.9. The van der Waals surface area contributed by atoms with Crippen molar-refractivity contribution in [2.75, 3.05) is 31.9 Å². The fraction of sp³-hybridized carbons (Fsp3) is 0.467. The number of carbonyl (C=O) groups is 2. The zero-order chi connectivity index (χ0) is 16.4. The molecule has 0 spiro atoms. The van der Waals surface area contributed by atoms with Gasteiger partial charge in [0.25, 0.3) is 5.91 Å². The maximum Gasteiger partial charge on any atom is 0.251 e. The summed E-state index contributed by atoms with van der Waals surface area (Å²) in [6, 6.07) is 6.77. The van der Waals surface area contributed by atoms with Gasteiger partial charge in [-0.3, -0.25) is 14.8 Å². The number of rotatable bonds is 9. The third kappa shape index (κ3) is 6.55. The minimum Gasteiger partial charge on any atom is -0.399 e. The topological polar surface area (TPSA) is 108 Å². The molecule has 1 aromatic rings. The fourth-order valence-electron chi connectivity index (χ4n) is 2.01. The molecule has 0 aromatic heterocycles. The Kier molecular flexibility index (Phi) is 7.95. The molecule has 0 saturated carbocycles. The molecule has 5 N–H and O–H groups in total. The molecule has 0 saturated heterocycles. The lowest BCUT2D eigenvalue weighted by Crippen LogP contribution is -2.35. The Morgan fingerprint density at radius 3 is 2.50 bits per heavy atom. The summed E-state index contributed by atoms with van der Waals surface area (Å²) in [6.45, 7) is 4.83. The maximum absolute atomic E-state index is 11.9. The number of nitrogens with zero attached hydrogens (tertiary/aromatic N) is 1. The number of hydrogen-bond acceptors (Lipinski definition) is 5. The Morgan fingerprint density at radius 1 is 1.23 bits per heavy atom. The number of likely N-dealkylation sites (N-methyl/N-ethyl adjacent to an activating group) is 1. The summed E-state index contributed by atoms with van der Waals surface area (Å²) < 4.78 is 0. The highest BCUT2D eigenvalue weighted by Gasteiger charge is 2.07. The predicted octanol–water partition coefficient (Wildman–Crippen LogP) is 0.606. The summed E-state index contributed by atoms with van der Waals surface area (Å²) in [6.07, 6.45) is 0.941. The molecule has 0 heterocycles. The molecule has 0 aliphatic carbocycles. The number of carbonyl (C=O) groups excluding carboxylic acids is 2. The van der Waals surface area contributed by atoms with Crippen LogP contribution in [0.3, 0.4) is 0 Å². The monoisotopic (exact) mass is 308 g/mol. The molecule has 7 nitrogen and oxygen atoms in total. The first-order chi connectivity index (χ1) is 10.6. The number of hydroxylamine groups is 1.